The second kappa shape index (κ2) is 4.65. The number of aryl methyl sites for hydroxylation is 1. The van der Waals surface area contributed by atoms with Gasteiger partial charge >= 0.3 is 0 Å². The normalized spacial score (nSPS) is 18.1. The Kier molecular flexibility index (Phi) is 3.24. The number of hydrogen-bond acceptors (Lipinski definition) is 2. The zero-order valence-electron chi connectivity index (χ0n) is 9.45. The highest BCUT2D eigenvalue weighted by molar-refractivity contribution is 5.39. The molecule has 0 unspecified atom stereocenters. The number of anilines is 1. The topological polar surface area (TPSA) is 16.1 Å². The van der Waals surface area contributed by atoms with Gasteiger partial charge in [-0.2, -0.15) is 0 Å². The van der Waals surface area contributed by atoms with Crippen LogP contribution < -0.4 is 4.90 Å². The van der Waals surface area contributed by atoms with Crippen molar-refractivity contribution in [1.82, 2.24) is 4.98 Å². The van der Waals surface area contributed by atoms with Gasteiger partial charge in [-0.3, -0.25) is 0 Å². The van der Waals surface area contributed by atoms with Crippen molar-refractivity contribution >= 4 is 5.82 Å². The first-order chi connectivity index (χ1) is 7.29. The van der Waals surface area contributed by atoms with Gasteiger partial charge in [0.15, 0.2) is 0 Å². The predicted molar refractivity (Wildman–Crippen MR) is 63.9 cm³/mol. The van der Waals surface area contributed by atoms with Crippen LogP contribution >= 0.6 is 0 Å². The molecule has 81 valence electrons. The van der Waals surface area contributed by atoms with Gasteiger partial charge in [0, 0.05) is 18.8 Å². The van der Waals surface area contributed by atoms with E-state index in [1.54, 1.807) is 0 Å². The van der Waals surface area contributed by atoms with Gasteiger partial charge in [0.1, 0.15) is 5.82 Å². The first-order valence-electron chi connectivity index (χ1n) is 5.77. The SMILES string of the molecule is [CH2]CC1CCN(c2cccc(C)n2)CC1. The Morgan fingerprint density at radius 3 is 2.73 bits per heavy atom. The van der Waals surface area contributed by atoms with Crippen LogP contribution in [0, 0.1) is 19.8 Å². The molecular formula is C13H19N2. The second-order valence-electron chi connectivity index (χ2n) is 4.36. The molecule has 2 heterocycles. The molecule has 2 heteroatoms. The summed E-state index contributed by atoms with van der Waals surface area (Å²) in [7, 11) is 0. The second-order valence-corrected chi connectivity index (χ2v) is 4.36. The summed E-state index contributed by atoms with van der Waals surface area (Å²) in [5, 5.41) is 0. The summed E-state index contributed by atoms with van der Waals surface area (Å²) in [5.74, 6) is 1.96. The lowest BCUT2D eigenvalue weighted by Gasteiger charge is -2.32. The molecule has 0 atom stereocenters. The molecular weight excluding hydrogens is 184 g/mol. The van der Waals surface area contributed by atoms with Crippen LogP contribution in [0.15, 0.2) is 18.2 Å². The summed E-state index contributed by atoms with van der Waals surface area (Å²) in [6, 6.07) is 6.24. The van der Waals surface area contributed by atoms with Gasteiger partial charge < -0.3 is 4.90 Å². The summed E-state index contributed by atoms with van der Waals surface area (Å²) in [4.78, 5) is 6.95. The van der Waals surface area contributed by atoms with Crippen LogP contribution in [-0.4, -0.2) is 18.1 Å². The molecule has 1 aliphatic heterocycles. The van der Waals surface area contributed by atoms with Crippen LogP contribution in [-0.2, 0) is 0 Å². The highest BCUT2D eigenvalue weighted by Gasteiger charge is 2.18. The van der Waals surface area contributed by atoms with Crippen molar-refractivity contribution in [3.63, 3.8) is 0 Å². The summed E-state index contributed by atoms with van der Waals surface area (Å²) in [6.07, 6.45) is 3.60. The maximum Gasteiger partial charge on any atom is 0.128 e. The fourth-order valence-corrected chi connectivity index (χ4v) is 2.16. The number of nitrogens with zero attached hydrogens (tertiary/aromatic N) is 2. The number of pyridine rings is 1. The first-order valence-corrected chi connectivity index (χ1v) is 5.77. The van der Waals surface area contributed by atoms with Gasteiger partial charge in [0.05, 0.1) is 0 Å². The lowest BCUT2D eigenvalue weighted by atomic mass is 9.94. The zero-order valence-corrected chi connectivity index (χ0v) is 9.45. The minimum Gasteiger partial charge on any atom is -0.357 e. The molecule has 1 aliphatic rings. The quantitative estimate of drug-likeness (QED) is 0.734. The molecule has 1 saturated heterocycles. The molecule has 0 spiro atoms. The lowest BCUT2D eigenvalue weighted by Crippen LogP contribution is -2.34. The van der Waals surface area contributed by atoms with Crippen LogP contribution in [0.25, 0.3) is 0 Å². The fourth-order valence-electron chi connectivity index (χ4n) is 2.16. The maximum atomic E-state index is 4.56. The van der Waals surface area contributed by atoms with Crippen molar-refractivity contribution in [2.45, 2.75) is 26.2 Å². The van der Waals surface area contributed by atoms with Crippen molar-refractivity contribution in [1.29, 1.82) is 0 Å². The van der Waals surface area contributed by atoms with Gasteiger partial charge in [0.2, 0.25) is 0 Å². The molecule has 0 saturated carbocycles. The van der Waals surface area contributed by atoms with E-state index in [0.717, 1.165) is 36.9 Å². The van der Waals surface area contributed by atoms with E-state index in [9.17, 15) is 0 Å². The fraction of sp³-hybridized carbons (Fsp3) is 0.538. The average Bonchev–Trinajstić information content (AvgIpc) is 2.29. The van der Waals surface area contributed by atoms with Crippen LogP contribution in [0.3, 0.4) is 0 Å². The van der Waals surface area contributed by atoms with Gasteiger partial charge in [-0.05, 0) is 37.8 Å². The molecule has 1 aromatic rings. The summed E-state index contributed by atoms with van der Waals surface area (Å²) < 4.78 is 0. The predicted octanol–water partition coefficient (Wildman–Crippen LogP) is 2.83. The van der Waals surface area contributed by atoms with Crippen molar-refractivity contribution in [3.05, 3.63) is 30.8 Å². The third kappa shape index (κ3) is 2.49. The third-order valence-corrected chi connectivity index (χ3v) is 3.22. The molecule has 1 radical (unpaired) electrons. The first kappa shape index (κ1) is 10.5. The van der Waals surface area contributed by atoms with E-state index in [-0.39, 0.29) is 0 Å². The molecule has 0 N–H and O–H groups in total. The number of hydrogen-bond donors (Lipinski definition) is 0. The van der Waals surface area contributed by atoms with E-state index in [1.807, 2.05) is 13.0 Å². The molecule has 0 amide bonds. The van der Waals surface area contributed by atoms with Crippen LogP contribution in [0.2, 0.25) is 0 Å². The van der Waals surface area contributed by atoms with Crippen LogP contribution in [0.4, 0.5) is 5.82 Å². The Labute approximate surface area is 92.3 Å². The standard InChI is InChI=1S/C13H19N2/c1-3-12-7-9-15(10-8-12)13-6-4-5-11(2)14-13/h4-6,12H,1,3,7-10H2,2H3. The average molecular weight is 203 g/mol. The van der Waals surface area contributed by atoms with Gasteiger partial charge in [-0.1, -0.05) is 19.4 Å². The smallest absolute Gasteiger partial charge is 0.128 e. The Morgan fingerprint density at radius 1 is 1.40 bits per heavy atom. The Balaban J connectivity index is 2.01. The Hall–Kier alpha value is -1.05. The zero-order chi connectivity index (χ0) is 10.7. The van der Waals surface area contributed by atoms with Crippen molar-refractivity contribution < 1.29 is 0 Å². The summed E-state index contributed by atoms with van der Waals surface area (Å²) in [5.41, 5.74) is 1.10. The minimum atomic E-state index is 0.825. The van der Waals surface area contributed by atoms with E-state index in [0.29, 0.717) is 0 Å². The van der Waals surface area contributed by atoms with Gasteiger partial charge in [-0.25, -0.2) is 4.98 Å². The van der Waals surface area contributed by atoms with Crippen molar-refractivity contribution in [2.75, 3.05) is 18.0 Å². The minimum absolute atomic E-state index is 0.825. The van der Waals surface area contributed by atoms with Crippen LogP contribution in [0.5, 0.6) is 0 Å². The van der Waals surface area contributed by atoms with Crippen molar-refractivity contribution in [3.8, 4) is 0 Å². The Bertz CT molecular complexity index is 314. The van der Waals surface area contributed by atoms with E-state index in [2.05, 4.69) is 28.9 Å². The monoisotopic (exact) mass is 203 g/mol. The van der Waals surface area contributed by atoms with E-state index in [4.69, 9.17) is 0 Å². The molecule has 2 nitrogen and oxygen atoms in total. The van der Waals surface area contributed by atoms with E-state index in [1.165, 1.54) is 12.8 Å². The number of rotatable bonds is 2. The molecule has 0 aromatic carbocycles. The number of piperidine rings is 1. The van der Waals surface area contributed by atoms with Gasteiger partial charge in [0.25, 0.3) is 0 Å². The highest BCUT2D eigenvalue weighted by atomic mass is 15.2. The number of aromatic nitrogens is 1. The van der Waals surface area contributed by atoms with Gasteiger partial charge in [-0.15, -0.1) is 0 Å². The summed E-state index contributed by atoms with van der Waals surface area (Å²) in [6.45, 7) is 8.31. The molecule has 1 aromatic heterocycles. The van der Waals surface area contributed by atoms with Crippen LogP contribution in [0.1, 0.15) is 25.0 Å². The summed E-state index contributed by atoms with van der Waals surface area (Å²) >= 11 is 0. The van der Waals surface area contributed by atoms with Crippen molar-refractivity contribution in [2.24, 2.45) is 5.92 Å². The highest BCUT2D eigenvalue weighted by Crippen LogP contribution is 2.23. The molecule has 15 heavy (non-hydrogen) atoms. The molecule has 0 aliphatic carbocycles. The molecule has 2 rings (SSSR count). The third-order valence-electron chi connectivity index (χ3n) is 3.22. The largest absolute Gasteiger partial charge is 0.357 e. The molecule has 1 fully saturated rings. The van der Waals surface area contributed by atoms with E-state index < -0.39 is 0 Å². The molecule has 0 bridgehead atoms. The Morgan fingerprint density at radius 2 is 2.13 bits per heavy atom. The maximum absolute atomic E-state index is 4.56. The lowest BCUT2D eigenvalue weighted by molar-refractivity contribution is 0.407. The van der Waals surface area contributed by atoms with E-state index >= 15 is 0 Å².